The van der Waals surface area contributed by atoms with Gasteiger partial charge < -0.3 is 0 Å². The summed E-state index contributed by atoms with van der Waals surface area (Å²) in [7, 11) is -3.51. The van der Waals surface area contributed by atoms with E-state index in [9.17, 15) is 13.2 Å². The van der Waals surface area contributed by atoms with Crippen molar-refractivity contribution in [2.24, 2.45) is 5.10 Å². The second-order valence-electron chi connectivity index (χ2n) is 6.84. The fourth-order valence-electron chi connectivity index (χ4n) is 2.95. The standard InChI is InChI=1S/C20H23ClN4O3S/c1-16-2-8-19(9-3-16)29(27,28)25-12-10-24(11-13-25)15-20(26)23-22-14-17-4-6-18(21)7-5-17/h2-9,14H,10-13,15H2,1H3,(H,23,26)/b22-14-. The van der Waals surface area contributed by atoms with Gasteiger partial charge in [-0.05, 0) is 36.8 Å². The van der Waals surface area contributed by atoms with Gasteiger partial charge >= 0.3 is 0 Å². The lowest BCUT2D eigenvalue weighted by molar-refractivity contribution is -0.122. The Morgan fingerprint density at radius 3 is 2.31 bits per heavy atom. The van der Waals surface area contributed by atoms with Gasteiger partial charge in [-0.15, -0.1) is 0 Å². The van der Waals surface area contributed by atoms with Gasteiger partial charge in [0, 0.05) is 31.2 Å². The van der Waals surface area contributed by atoms with E-state index in [-0.39, 0.29) is 12.5 Å². The average molecular weight is 435 g/mol. The number of hydrogen-bond donors (Lipinski definition) is 1. The van der Waals surface area contributed by atoms with E-state index >= 15 is 0 Å². The van der Waals surface area contributed by atoms with Crippen molar-refractivity contribution >= 4 is 33.7 Å². The molecule has 2 aromatic rings. The van der Waals surface area contributed by atoms with Crippen LogP contribution in [0.4, 0.5) is 0 Å². The number of hydrogen-bond acceptors (Lipinski definition) is 5. The van der Waals surface area contributed by atoms with Crippen LogP contribution in [0.5, 0.6) is 0 Å². The molecular weight excluding hydrogens is 412 g/mol. The summed E-state index contributed by atoms with van der Waals surface area (Å²) in [5.41, 5.74) is 4.33. The Bertz CT molecular complexity index is 968. The first-order valence-corrected chi connectivity index (χ1v) is 11.0. The highest BCUT2D eigenvalue weighted by Crippen LogP contribution is 2.18. The van der Waals surface area contributed by atoms with Crippen LogP contribution in [0.1, 0.15) is 11.1 Å². The van der Waals surface area contributed by atoms with E-state index in [4.69, 9.17) is 11.6 Å². The van der Waals surface area contributed by atoms with Crippen LogP contribution in [0.3, 0.4) is 0 Å². The maximum absolute atomic E-state index is 12.7. The molecule has 1 amide bonds. The SMILES string of the molecule is Cc1ccc(S(=O)(=O)N2CCN(CC(=O)N/N=C\c3ccc(Cl)cc3)CC2)cc1. The van der Waals surface area contributed by atoms with E-state index in [0.717, 1.165) is 11.1 Å². The predicted molar refractivity (Wildman–Crippen MR) is 114 cm³/mol. The molecule has 0 unspecified atom stereocenters. The Balaban J connectivity index is 1.47. The highest BCUT2D eigenvalue weighted by molar-refractivity contribution is 7.89. The van der Waals surface area contributed by atoms with Crippen LogP contribution in [0.15, 0.2) is 58.5 Å². The summed E-state index contributed by atoms with van der Waals surface area (Å²) in [4.78, 5) is 14.3. The highest BCUT2D eigenvalue weighted by Gasteiger charge is 2.28. The van der Waals surface area contributed by atoms with E-state index in [1.54, 1.807) is 54.7 Å². The van der Waals surface area contributed by atoms with Crippen molar-refractivity contribution in [3.8, 4) is 0 Å². The molecule has 0 aliphatic carbocycles. The van der Waals surface area contributed by atoms with Crippen molar-refractivity contribution < 1.29 is 13.2 Å². The largest absolute Gasteiger partial charge is 0.292 e. The van der Waals surface area contributed by atoms with E-state index in [1.807, 2.05) is 11.8 Å². The first kappa shape index (κ1) is 21.4. The number of sulfonamides is 1. The Kier molecular flexibility index (Phi) is 7.02. The summed E-state index contributed by atoms with van der Waals surface area (Å²) in [5.74, 6) is -0.245. The first-order chi connectivity index (χ1) is 13.8. The van der Waals surface area contributed by atoms with Crippen molar-refractivity contribution in [1.29, 1.82) is 0 Å². The summed E-state index contributed by atoms with van der Waals surface area (Å²) < 4.78 is 26.9. The third-order valence-corrected chi connectivity index (χ3v) is 6.79. The monoisotopic (exact) mass is 434 g/mol. The Morgan fingerprint density at radius 1 is 1.07 bits per heavy atom. The number of nitrogens with zero attached hydrogens (tertiary/aromatic N) is 3. The summed E-state index contributed by atoms with van der Waals surface area (Å²) in [6.07, 6.45) is 1.54. The van der Waals surface area contributed by atoms with Gasteiger partial charge in [-0.25, -0.2) is 13.8 Å². The second-order valence-corrected chi connectivity index (χ2v) is 9.21. The summed E-state index contributed by atoms with van der Waals surface area (Å²) in [5, 5.41) is 4.57. The molecule has 1 N–H and O–H groups in total. The second kappa shape index (κ2) is 9.49. The molecule has 1 aliphatic heterocycles. The lowest BCUT2D eigenvalue weighted by Crippen LogP contribution is -2.50. The van der Waals surface area contributed by atoms with Crippen LogP contribution in [-0.4, -0.2) is 62.5 Å². The maximum Gasteiger partial charge on any atom is 0.254 e. The summed E-state index contributed by atoms with van der Waals surface area (Å²) in [6, 6.07) is 13.9. The summed E-state index contributed by atoms with van der Waals surface area (Å²) in [6.45, 7) is 3.74. The fraction of sp³-hybridized carbons (Fsp3) is 0.300. The summed E-state index contributed by atoms with van der Waals surface area (Å²) >= 11 is 5.82. The number of aryl methyl sites for hydroxylation is 1. The molecular formula is C20H23ClN4O3S. The number of benzene rings is 2. The van der Waals surface area contributed by atoms with Crippen LogP contribution in [-0.2, 0) is 14.8 Å². The number of carbonyl (C=O) groups excluding carboxylic acids is 1. The smallest absolute Gasteiger partial charge is 0.254 e. The van der Waals surface area contributed by atoms with Gasteiger partial charge in [0.05, 0.1) is 17.7 Å². The molecule has 154 valence electrons. The van der Waals surface area contributed by atoms with Gasteiger partial charge in [-0.3, -0.25) is 9.69 Å². The molecule has 0 radical (unpaired) electrons. The minimum Gasteiger partial charge on any atom is -0.292 e. The van der Waals surface area contributed by atoms with Crippen LogP contribution in [0, 0.1) is 6.92 Å². The molecule has 0 saturated carbocycles. The minimum atomic E-state index is -3.51. The average Bonchev–Trinajstić information content (AvgIpc) is 2.70. The van der Waals surface area contributed by atoms with Crippen LogP contribution in [0.25, 0.3) is 0 Å². The molecule has 2 aromatic carbocycles. The van der Waals surface area contributed by atoms with Crippen LogP contribution < -0.4 is 5.43 Å². The Labute approximate surface area is 176 Å². The van der Waals surface area contributed by atoms with Gasteiger partial charge in [-0.1, -0.05) is 41.4 Å². The third-order valence-electron chi connectivity index (χ3n) is 4.63. The van der Waals surface area contributed by atoms with Crippen LogP contribution >= 0.6 is 11.6 Å². The molecule has 1 saturated heterocycles. The highest BCUT2D eigenvalue weighted by atomic mass is 35.5. The molecule has 1 heterocycles. The maximum atomic E-state index is 12.7. The van der Waals surface area contributed by atoms with Crippen molar-refractivity contribution in [1.82, 2.24) is 14.6 Å². The number of hydrazone groups is 1. The molecule has 0 bridgehead atoms. The quantitative estimate of drug-likeness (QED) is 0.557. The number of piperazine rings is 1. The third kappa shape index (κ3) is 5.86. The molecule has 1 fully saturated rings. The number of nitrogens with one attached hydrogen (secondary N) is 1. The predicted octanol–water partition coefficient (Wildman–Crippen LogP) is 2.11. The first-order valence-electron chi connectivity index (χ1n) is 9.21. The minimum absolute atomic E-state index is 0.163. The van der Waals surface area contributed by atoms with Crippen molar-refractivity contribution in [3.63, 3.8) is 0 Å². The zero-order valence-electron chi connectivity index (χ0n) is 16.1. The molecule has 0 aromatic heterocycles. The lowest BCUT2D eigenvalue weighted by Gasteiger charge is -2.33. The van der Waals surface area contributed by atoms with Crippen LogP contribution in [0.2, 0.25) is 5.02 Å². The number of carbonyl (C=O) groups is 1. The molecule has 0 spiro atoms. The van der Waals surface area contributed by atoms with Gasteiger partial charge in [-0.2, -0.15) is 9.41 Å². The topological polar surface area (TPSA) is 82.1 Å². The normalized spacial score (nSPS) is 16.2. The molecule has 7 nitrogen and oxygen atoms in total. The van der Waals surface area contributed by atoms with Crippen molar-refractivity contribution in [2.75, 3.05) is 32.7 Å². The van der Waals surface area contributed by atoms with E-state index in [2.05, 4.69) is 10.5 Å². The van der Waals surface area contributed by atoms with Gasteiger partial charge in [0.15, 0.2) is 0 Å². The number of amides is 1. The molecule has 3 rings (SSSR count). The fourth-order valence-corrected chi connectivity index (χ4v) is 4.50. The molecule has 1 aliphatic rings. The Morgan fingerprint density at radius 2 is 1.69 bits per heavy atom. The van der Waals surface area contributed by atoms with Crippen molar-refractivity contribution in [2.45, 2.75) is 11.8 Å². The number of rotatable bonds is 6. The van der Waals surface area contributed by atoms with Crippen molar-refractivity contribution in [3.05, 3.63) is 64.7 Å². The van der Waals surface area contributed by atoms with E-state index < -0.39 is 10.0 Å². The zero-order valence-corrected chi connectivity index (χ0v) is 17.7. The number of halogens is 1. The van der Waals surface area contributed by atoms with E-state index in [0.29, 0.717) is 36.1 Å². The lowest BCUT2D eigenvalue weighted by atomic mass is 10.2. The molecule has 0 atom stereocenters. The molecule has 9 heteroatoms. The molecule has 29 heavy (non-hydrogen) atoms. The zero-order chi connectivity index (χ0) is 20.9. The van der Waals surface area contributed by atoms with Gasteiger partial charge in [0.1, 0.15) is 0 Å². The van der Waals surface area contributed by atoms with E-state index in [1.165, 1.54) is 4.31 Å². The van der Waals surface area contributed by atoms with Gasteiger partial charge in [0.25, 0.3) is 5.91 Å². The van der Waals surface area contributed by atoms with Gasteiger partial charge in [0.2, 0.25) is 10.0 Å². The Hall–Kier alpha value is -2.26.